The summed E-state index contributed by atoms with van der Waals surface area (Å²) < 4.78 is 0. The third kappa shape index (κ3) is 3.49. The van der Waals surface area contributed by atoms with Gasteiger partial charge in [0.2, 0.25) is 5.91 Å². The van der Waals surface area contributed by atoms with E-state index in [0.29, 0.717) is 0 Å². The number of likely N-dealkylation sites (N-methyl/N-ethyl adjacent to an activating group) is 2. The van der Waals surface area contributed by atoms with Crippen molar-refractivity contribution in [1.82, 2.24) is 10.2 Å². The summed E-state index contributed by atoms with van der Waals surface area (Å²) in [6.45, 7) is 10.6. The third-order valence-corrected chi connectivity index (χ3v) is 3.00. The van der Waals surface area contributed by atoms with Crippen LogP contribution in [0, 0.1) is 5.92 Å². The van der Waals surface area contributed by atoms with Crippen LogP contribution in [-0.4, -0.2) is 36.0 Å². The van der Waals surface area contributed by atoms with Crippen LogP contribution in [0.4, 0.5) is 0 Å². The van der Waals surface area contributed by atoms with Crippen molar-refractivity contribution in [3.8, 4) is 0 Å². The van der Waals surface area contributed by atoms with Gasteiger partial charge in [-0.05, 0) is 46.1 Å². The summed E-state index contributed by atoms with van der Waals surface area (Å²) in [6.07, 6.45) is 2.59. The standard InChI is InChI=1S/C12H24N2O/c1-5-13-12(3,4)11(15)14(6-2)9-10-7-8-10/h10,13H,5-9H2,1-4H3. The quantitative estimate of drug-likeness (QED) is 0.726. The first-order valence-corrected chi connectivity index (χ1v) is 6.05. The predicted molar refractivity (Wildman–Crippen MR) is 62.7 cm³/mol. The molecule has 0 unspecified atom stereocenters. The fourth-order valence-electron chi connectivity index (χ4n) is 1.88. The Morgan fingerprint density at radius 3 is 2.40 bits per heavy atom. The Morgan fingerprint density at radius 2 is 2.00 bits per heavy atom. The number of nitrogens with one attached hydrogen (secondary N) is 1. The van der Waals surface area contributed by atoms with Crippen LogP contribution in [0.25, 0.3) is 0 Å². The van der Waals surface area contributed by atoms with E-state index in [1.807, 2.05) is 25.7 Å². The van der Waals surface area contributed by atoms with Gasteiger partial charge in [-0.3, -0.25) is 4.79 Å². The maximum absolute atomic E-state index is 12.2. The molecule has 1 fully saturated rings. The highest BCUT2D eigenvalue weighted by Gasteiger charge is 2.33. The van der Waals surface area contributed by atoms with Crippen LogP contribution >= 0.6 is 0 Å². The van der Waals surface area contributed by atoms with E-state index in [1.54, 1.807) is 0 Å². The van der Waals surface area contributed by atoms with Gasteiger partial charge in [0.05, 0.1) is 5.54 Å². The van der Waals surface area contributed by atoms with Gasteiger partial charge in [0.25, 0.3) is 0 Å². The van der Waals surface area contributed by atoms with Crippen molar-refractivity contribution in [3.63, 3.8) is 0 Å². The van der Waals surface area contributed by atoms with Crippen LogP contribution in [-0.2, 0) is 4.79 Å². The summed E-state index contributed by atoms with van der Waals surface area (Å²) >= 11 is 0. The summed E-state index contributed by atoms with van der Waals surface area (Å²) in [7, 11) is 0. The second kappa shape index (κ2) is 4.97. The number of rotatable bonds is 6. The van der Waals surface area contributed by atoms with Gasteiger partial charge >= 0.3 is 0 Å². The molecule has 0 heterocycles. The Hall–Kier alpha value is -0.570. The fourth-order valence-corrected chi connectivity index (χ4v) is 1.88. The van der Waals surface area contributed by atoms with Crippen LogP contribution in [0.2, 0.25) is 0 Å². The SMILES string of the molecule is CCNC(C)(C)C(=O)N(CC)CC1CC1. The summed E-state index contributed by atoms with van der Waals surface area (Å²) in [4.78, 5) is 14.2. The summed E-state index contributed by atoms with van der Waals surface area (Å²) in [6, 6.07) is 0. The molecule has 0 aromatic rings. The monoisotopic (exact) mass is 212 g/mol. The van der Waals surface area contributed by atoms with Crippen molar-refractivity contribution < 1.29 is 4.79 Å². The van der Waals surface area contributed by atoms with E-state index in [0.717, 1.165) is 25.6 Å². The zero-order chi connectivity index (χ0) is 11.5. The molecular formula is C12H24N2O. The van der Waals surface area contributed by atoms with Crippen LogP contribution in [0.3, 0.4) is 0 Å². The van der Waals surface area contributed by atoms with Gasteiger partial charge in [0, 0.05) is 13.1 Å². The lowest BCUT2D eigenvalue weighted by atomic mass is 10.0. The molecule has 3 heteroatoms. The van der Waals surface area contributed by atoms with Gasteiger partial charge in [-0.2, -0.15) is 0 Å². The number of carbonyl (C=O) groups is 1. The minimum Gasteiger partial charge on any atom is -0.341 e. The molecule has 1 N–H and O–H groups in total. The van der Waals surface area contributed by atoms with Crippen LogP contribution in [0.15, 0.2) is 0 Å². The molecule has 3 nitrogen and oxygen atoms in total. The van der Waals surface area contributed by atoms with Gasteiger partial charge in [0.1, 0.15) is 0 Å². The largest absolute Gasteiger partial charge is 0.341 e. The third-order valence-electron chi connectivity index (χ3n) is 3.00. The van der Waals surface area contributed by atoms with Crippen LogP contribution < -0.4 is 5.32 Å². The van der Waals surface area contributed by atoms with Crippen LogP contribution in [0.5, 0.6) is 0 Å². The number of amides is 1. The second-order valence-electron chi connectivity index (χ2n) is 4.94. The smallest absolute Gasteiger partial charge is 0.242 e. The van der Waals surface area contributed by atoms with Crippen molar-refractivity contribution in [2.45, 2.75) is 46.1 Å². The van der Waals surface area contributed by atoms with Gasteiger partial charge < -0.3 is 10.2 Å². The summed E-state index contributed by atoms with van der Waals surface area (Å²) in [5.41, 5.74) is -0.417. The highest BCUT2D eigenvalue weighted by atomic mass is 16.2. The van der Waals surface area contributed by atoms with E-state index in [-0.39, 0.29) is 5.91 Å². The Labute approximate surface area is 93.2 Å². The van der Waals surface area contributed by atoms with Gasteiger partial charge in [0.15, 0.2) is 0 Å². The highest BCUT2D eigenvalue weighted by molar-refractivity contribution is 5.85. The number of carbonyl (C=O) groups excluding carboxylic acids is 1. The molecule has 0 radical (unpaired) electrons. The highest BCUT2D eigenvalue weighted by Crippen LogP contribution is 2.30. The first kappa shape index (κ1) is 12.5. The zero-order valence-electron chi connectivity index (χ0n) is 10.5. The Bertz CT molecular complexity index is 222. The van der Waals surface area contributed by atoms with Crippen molar-refractivity contribution in [2.75, 3.05) is 19.6 Å². The first-order valence-electron chi connectivity index (χ1n) is 6.05. The molecule has 0 saturated heterocycles. The molecule has 0 aromatic carbocycles. The molecule has 88 valence electrons. The lowest BCUT2D eigenvalue weighted by Gasteiger charge is -2.32. The Kier molecular flexibility index (Phi) is 4.14. The minimum atomic E-state index is -0.417. The van der Waals surface area contributed by atoms with E-state index < -0.39 is 5.54 Å². The maximum Gasteiger partial charge on any atom is 0.242 e. The van der Waals surface area contributed by atoms with Crippen molar-refractivity contribution >= 4 is 5.91 Å². The molecule has 0 spiro atoms. The van der Waals surface area contributed by atoms with Gasteiger partial charge in [-0.25, -0.2) is 0 Å². The molecule has 1 aliphatic rings. The van der Waals surface area contributed by atoms with Crippen LogP contribution in [0.1, 0.15) is 40.5 Å². The predicted octanol–water partition coefficient (Wildman–Crippen LogP) is 1.63. The lowest BCUT2D eigenvalue weighted by Crippen LogP contribution is -2.54. The van der Waals surface area contributed by atoms with E-state index in [9.17, 15) is 4.79 Å². The number of nitrogens with zero attached hydrogens (tertiary/aromatic N) is 1. The lowest BCUT2D eigenvalue weighted by molar-refractivity contribution is -0.137. The molecule has 1 saturated carbocycles. The molecule has 1 aliphatic carbocycles. The topological polar surface area (TPSA) is 32.3 Å². The average molecular weight is 212 g/mol. The molecular weight excluding hydrogens is 188 g/mol. The van der Waals surface area contributed by atoms with Gasteiger partial charge in [-0.15, -0.1) is 0 Å². The summed E-state index contributed by atoms with van der Waals surface area (Å²) in [5, 5.41) is 3.24. The molecule has 1 rings (SSSR count). The number of hydrogen-bond donors (Lipinski definition) is 1. The minimum absolute atomic E-state index is 0.235. The zero-order valence-corrected chi connectivity index (χ0v) is 10.5. The molecule has 0 aliphatic heterocycles. The van der Waals surface area contributed by atoms with Crippen molar-refractivity contribution in [2.24, 2.45) is 5.92 Å². The average Bonchev–Trinajstić information content (AvgIpc) is 2.96. The number of hydrogen-bond acceptors (Lipinski definition) is 2. The second-order valence-corrected chi connectivity index (χ2v) is 4.94. The Balaban J connectivity index is 2.53. The van der Waals surface area contributed by atoms with E-state index in [2.05, 4.69) is 12.2 Å². The first-order chi connectivity index (χ1) is 7.01. The summed E-state index contributed by atoms with van der Waals surface area (Å²) in [5.74, 6) is 1.00. The van der Waals surface area contributed by atoms with Crippen molar-refractivity contribution in [1.29, 1.82) is 0 Å². The van der Waals surface area contributed by atoms with E-state index in [4.69, 9.17) is 0 Å². The van der Waals surface area contributed by atoms with E-state index in [1.165, 1.54) is 12.8 Å². The van der Waals surface area contributed by atoms with E-state index >= 15 is 0 Å². The molecule has 0 aromatic heterocycles. The molecule has 15 heavy (non-hydrogen) atoms. The molecule has 0 atom stereocenters. The molecule has 1 amide bonds. The fraction of sp³-hybridized carbons (Fsp3) is 0.917. The Morgan fingerprint density at radius 1 is 1.40 bits per heavy atom. The maximum atomic E-state index is 12.2. The van der Waals surface area contributed by atoms with Crippen molar-refractivity contribution in [3.05, 3.63) is 0 Å². The molecule has 0 bridgehead atoms. The normalized spacial score (nSPS) is 16.5. The van der Waals surface area contributed by atoms with Gasteiger partial charge in [-0.1, -0.05) is 6.92 Å².